The van der Waals surface area contributed by atoms with E-state index in [0.717, 1.165) is 6.07 Å². The summed E-state index contributed by atoms with van der Waals surface area (Å²) in [7, 11) is 0. The topological polar surface area (TPSA) is 65.7 Å². The summed E-state index contributed by atoms with van der Waals surface area (Å²) in [5, 5.41) is 19.3. The zero-order valence-electron chi connectivity index (χ0n) is 10.6. The molecule has 6 heteroatoms. The highest BCUT2D eigenvalue weighted by atomic mass is 35.5. The molecule has 104 valence electrons. The van der Waals surface area contributed by atoms with Crippen LogP contribution in [0.3, 0.4) is 0 Å². The molecule has 4 nitrogen and oxygen atoms in total. The fourth-order valence-corrected chi connectivity index (χ4v) is 1.86. The molecule has 0 fully saturated rings. The third-order valence-corrected chi connectivity index (χ3v) is 3.07. The Morgan fingerprint density at radius 2 is 2.20 bits per heavy atom. The van der Waals surface area contributed by atoms with Crippen LogP contribution in [0.5, 0.6) is 5.75 Å². The van der Waals surface area contributed by atoms with E-state index < -0.39 is 5.82 Å². The molecular weight excluding hydrogens is 283 g/mol. The van der Waals surface area contributed by atoms with Gasteiger partial charge in [0, 0.05) is 23.5 Å². The predicted octanol–water partition coefficient (Wildman–Crippen LogP) is 3.13. The maximum absolute atomic E-state index is 12.9. The maximum atomic E-state index is 12.9. The molecule has 0 aliphatic rings. The molecule has 0 saturated heterocycles. The second kappa shape index (κ2) is 5.98. The lowest BCUT2D eigenvalue weighted by atomic mass is 10.1. The van der Waals surface area contributed by atoms with Crippen LogP contribution in [0.2, 0.25) is 5.02 Å². The quantitative estimate of drug-likeness (QED) is 0.855. The van der Waals surface area contributed by atoms with Crippen molar-refractivity contribution >= 4 is 23.5 Å². The number of aliphatic hydroxyl groups is 1. The molecule has 20 heavy (non-hydrogen) atoms. The van der Waals surface area contributed by atoms with E-state index in [0.29, 0.717) is 22.5 Å². The molecular formula is C14H12ClFN2O2. The van der Waals surface area contributed by atoms with Gasteiger partial charge in [0.15, 0.2) is 0 Å². The number of halogens is 2. The summed E-state index contributed by atoms with van der Waals surface area (Å²) in [5.74, 6) is -0.508. The number of aliphatic imine (C=N–C) groups is 1. The van der Waals surface area contributed by atoms with Crippen molar-refractivity contribution < 1.29 is 14.6 Å². The summed E-state index contributed by atoms with van der Waals surface area (Å²) in [4.78, 5) is 8.05. The van der Waals surface area contributed by atoms with Gasteiger partial charge >= 0.3 is 0 Å². The van der Waals surface area contributed by atoms with Gasteiger partial charge in [-0.3, -0.25) is 9.98 Å². The third-order valence-electron chi connectivity index (χ3n) is 2.77. The van der Waals surface area contributed by atoms with Crippen LogP contribution in [0.1, 0.15) is 16.8 Å². The van der Waals surface area contributed by atoms with Crippen LogP contribution in [0.15, 0.2) is 29.4 Å². The van der Waals surface area contributed by atoms with Crippen LogP contribution in [0, 0.1) is 12.7 Å². The van der Waals surface area contributed by atoms with E-state index in [1.165, 1.54) is 24.5 Å². The lowest BCUT2D eigenvalue weighted by Gasteiger charge is -2.07. The largest absolute Gasteiger partial charge is 0.505 e. The van der Waals surface area contributed by atoms with Crippen molar-refractivity contribution in [3.05, 3.63) is 52.1 Å². The van der Waals surface area contributed by atoms with Crippen LogP contribution in [-0.2, 0) is 6.61 Å². The lowest BCUT2D eigenvalue weighted by molar-refractivity contribution is 0.280. The van der Waals surface area contributed by atoms with Gasteiger partial charge in [-0.25, -0.2) is 4.39 Å². The first-order chi connectivity index (χ1) is 9.52. The van der Waals surface area contributed by atoms with E-state index in [4.69, 9.17) is 11.6 Å². The van der Waals surface area contributed by atoms with Crippen LogP contribution < -0.4 is 0 Å². The van der Waals surface area contributed by atoms with Gasteiger partial charge in [0.1, 0.15) is 11.6 Å². The Labute approximate surface area is 120 Å². The fourth-order valence-electron chi connectivity index (χ4n) is 1.64. The first-order valence-electron chi connectivity index (χ1n) is 5.80. The standard InChI is InChI=1S/C14H12ClFN2O2/c1-8-14(20)11(9(7-19)5-17-8)6-18-13-3-2-10(16)4-12(13)15/h2-6,19-20H,7H2,1H3. The molecule has 1 aromatic heterocycles. The summed E-state index contributed by atoms with van der Waals surface area (Å²) >= 11 is 5.86. The van der Waals surface area contributed by atoms with Gasteiger partial charge in [0.25, 0.3) is 0 Å². The second-order valence-corrected chi connectivity index (χ2v) is 4.55. The SMILES string of the molecule is Cc1ncc(CO)c(C=Nc2ccc(F)cc2Cl)c1O. The number of pyridine rings is 1. The second-order valence-electron chi connectivity index (χ2n) is 4.14. The van der Waals surface area contributed by atoms with Gasteiger partial charge in [-0.05, 0) is 25.1 Å². The molecule has 0 aliphatic heterocycles. The molecule has 2 aromatic rings. The molecule has 0 aliphatic carbocycles. The molecule has 0 atom stereocenters. The van der Waals surface area contributed by atoms with Gasteiger partial charge in [0.05, 0.1) is 23.0 Å². The molecule has 1 aromatic carbocycles. The van der Waals surface area contributed by atoms with Gasteiger partial charge in [-0.15, -0.1) is 0 Å². The number of rotatable bonds is 3. The van der Waals surface area contributed by atoms with Crippen LogP contribution in [-0.4, -0.2) is 21.4 Å². The molecule has 0 spiro atoms. The summed E-state index contributed by atoms with van der Waals surface area (Å²) in [5.41, 5.74) is 1.59. The van der Waals surface area contributed by atoms with Crippen molar-refractivity contribution in [2.75, 3.05) is 0 Å². The van der Waals surface area contributed by atoms with Gasteiger partial charge < -0.3 is 10.2 Å². The maximum Gasteiger partial charge on any atom is 0.145 e. The van der Waals surface area contributed by atoms with E-state index in [2.05, 4.69) is 9.98 Å². The van der Waals surface area contributed by atoms with Crippen molar-refractivity contribution in [2.45, 2.75) is 13.5 Å². The average molecular weight is 295 g/mol. The van der Waals surface area contributed by atoms with E-state index in [1.807, 2.05) is 0 Å². The number of hydrogen-bond donors (Lipinski definition) is 2. The Bertz CT molecular complexity index is 674. The van der Waals surface area contributed by atoms with E-state index in [9.17, 15) is 14.6 Å². The van der Waals surface area contributed by atoms with Crippen LogP contribution in [0.4, 0.5) is 10.1 Å². The van der Waals surface area contributed by atoms with Gasteiger partial charge in [-0.2, -0.15) is 0 Å². The summed E-state index contributed by atoms with van der Waals surface area (Å²) < 4.78 is 12.9. The van der Waals surface area contributed by atoms with Crippen LogP contribution in [0.25, 0.3) is 0 Å². The zero-order chi connectivity index (χ0) is 14.7. The Morgan fingerprint density at radius 1 is 1.45 bits per heavy atom. The lowest BCUT2D eigenvalue weighted by Crippen LogP contribution is -1.97. The summed E-state index contributed by atoms with van der Waals surface area (Å²) in [6.07, 6.45) is 2.83. The van der Waals surface area contributed by atoms with E-state index in [1.54, 1.807) is 6.92 Å². The van der Waals surface area contributed by atoms with Gasteiger partial charge in [-0.1, -0.05) is 11.6 Å². The average Bonchev–Trinajstić information content (AvgIpc) is 2.42. The van der Waals surface area contributed by atoms with Crippen molar-refractivity contribution in [3.63, 3.8) is 0 Å². The monoisotopic (exact) mass is 294 g/mol. The number of aromatic nitrogens is 1. The van der Waals surface area contributed by atoms with Crippen molar-refractivity contribution in [1.82, 2.24) is 4.98 Å². The molecule has 2 N–H and O–H groups in total. The Morgan fingerprint density at radius 3 is 2.85 bits per heavy atom. The van der Waals surface area contributed by atoms with E-state index >= 15 is 0 Å². The molecule has 0 radical (unpaired) electrons. The predicted molar refractivity (Wildman–Crippen MR) is 75.2 cm³/mol. The number of aliphatic hydroxyl groups excluding tert-OH is 1. The Hall–Kier alpha value is -1.98. The number of aromatic hydroxyl groups is 1. The minimum atomic E-state index is -0.451. The Kier molecular flexibility index (Phi) is 4.32. The van der Waals surface area contributed by atoms with Crippen molar-refractivity contribution in [3.8, 4) is 5.75 Å². The molecule has 0 unspecified atom stereocenters. The number of hydrogen-bond acceptors (Lipinski definition) is 4. The Balaban J connectivity index is 2.43. The molecule has 0 bridgehead atoms. The number of benzene rings is 1. The zero-order valence-corrected chi connectivity index (χ0v) is 11.4. The molecule has 1 heterocycles. The highest BCUT2D eigenvalue weighted by molar-refractivity contribution is 6.33. The number of aryl methyl sites for hydroxylation is 1. The summed E-state index contributed by atoms with van der Waals surface area (Å²) in [6, 6.07) is 3.82. The number of nitrogens with zero attached hydrogens (tertiary/aromatic N) is 2. The molecule has 2 rings (SSSR count). The van der Waals surface area contributed by atoms with Crippen molar-refractivity contribution in [2.24, 2.45) is 4.99 Å². The molecule has 0 saturated carbocycles. The fraction of sp³-hybridized carbons (Fsp3) is 0.143. The van der Waals surface area contributed by atoms with Crippen molar-refractivity contribution in [1.29, 1.82) is 0 Å². The minimum absolute atomic E-state index is 0.0569. The normalized spacial score (nSPS) is 11.2. The first kappa shape index (κ1) is 14.4. The van der Waals surface area contributed by atoms with Gasteiger partial charge in [0.2, 0.25) is 0 Å². The van der Waals surface area contributed by atoms with E-state index in [-0.39, 0.29) is 17.4 Å². The third kappa shape index (κ3) is 2.95. The highest BCUT2D eigenvalue weighted by Gasteiger charge is 2.09. The minimum Gasteiger partial charge on any atom is -0.505 e. The highest BCUT2D eigenvalue weighted by Crippen LogP contribution is 2.27. The van der Waals surface area contributed by atoms with Crippen LogP contribution >= 0.6 is 11.6 Å². The first-order valence-corrected chi connectivity index (χ1v) is 6.18. The molecule has 0 amide bonds. The smallest absolute Gasteiger partial charge is 0.145 e. The summed E-state index contributed by atoms with van der Waals surface area (Å²) in [6.45, 7) is 1.36.